The number of rotatable bonds is 3. The summed E-state index contributed by atoms with van der Waals surface area (Å²) in [6.07, 6.45) is 0. The summed E-state index contributed by atoms with van der Waals surface area (Å²) >= 11 is 0. The van der Waals surface area contributed by atoms with Gasteiger partial charge in [-0.3, -0.25) is 9.69 Å². The molecule has 0 aromatic heterocycles. The third-order valence-electron chi connectivity index (χ3n) is 3.79. The van der Waals surface area contributed by atoms with E-state index in [2.05, 4.69) is 36.9 Å². The van der Waals surface area contributed by atoms with E-state index in [0.717, 1.165) is 32.7 Å². The molecule has 1 heterocycles. The Bertz CT molecular complexity index is 451. The third kappa shape index (κ3) is 3.55. The maximum Gasteiger partial charge on any atom is 0.236 e. The quantitative estimate of drug-likeness (QED) is 0.880. The van der Waals surface area contributed by atoms with Crippen LogP contribution in [0.15, 0.2) is 18.2 Å². The van der Waals surface area contributed by atoms with E-state index >= 15 is 0 Å². The lowest BCUT2D eigenvalue weighted by Crippen LogP contribution is -2.49. The van der Waals surface area contributed by atoms with Gasteiger partial charge in [-0.15, -0.1) is 0 Å². The standard InChI is InChI=1S/C15H23N3O/c1-12-3-4-14(13(2)9-12)11-17-5-7-18(8-6-17)15(19)10-16/h3-4,9H,5-8,10-11,16H2,1-2H3. The molecule has 1 saturated heterocycles. The SMILES string of the molecule is Cc1ccc(CN2CCN(C(=O)CN)CC2)c(C)c1. The fraction of sp³-hybridized carbons (Fsp3) is 0.533. The third-order valence-corrected chi connectivity index (χ3v) is 3.79. The summed E-state index contributed by atoms with van der Waals surface area (Å²) in [6, 6.07) is 6.60. The van der Waals surface area contributed by atoms with Crippen molar-refractivity contribution < 1.29 is 4.79 Å². The first-order valence-corrected chi connectivity index (χ1v) is 6.86. The Kier molecular flexibility index (Phi) is 4.56. The first kappa shape index (κ1) is 14.0. The van der Waals surface area contributed by atoms with Crippen molar-refractivity contribution in [1.82, 2.24) is 9.80 Å². The van der Waals surface area contributed by atoms with E-state index in [1.165, 1.54) is 16.7 Å². The smallest absolute Gasteiger partial charge is 0.236 e. The molecule has 0 atom stereocenters. The predicted octanol–water partition coefficient (Wildman–Crippen LogP) is 0.906. The molecule has 1 aromatic carbocycles. The number of hydrogen-bond donors (Lipinski definition) is 1. The lowest BCUT2D eigenvalue weighted by Gasteiger charge is -2.34. The van der Waals surface area contributed by atoms with Crippen molar-refractivity contribution >= 4 is 5.91 Å². The Labute approximate surface area is 115 Å². The summed E-state index contributed by atoms with van der Waals surface area (Å²) in [7, 11) is 0. The lowest BCUT2D eigenvalue weighted by molar-refractivity contribution is -0.131. The maximum absolute atomic E-state index is 11.5. The molecule has 19 heavy (non-hydrogen) atoms. The molecular formula is C15H23N3O. The molecule has 0 radical (unpaired) electrons. The summed E-state index contributed by atoms with van der Waals surface area (Å²) in [5, 5.41) is 0. The number of hydrogen-bond acceptors (Lipinski definition) is 3. The van der Waals surface area contributed by atoms with Crippen LogP contribution < -0.4 is 5.73 Å². The Morgan fingerprint density at radius 2 is 1.89 bits per heavy atom. The van der Waals surface area contributed by atoms with Gasteiger partial charge in [0.1, 0.15) is 0 Å². The number of carbonyl (C=O) groups excluding carboxylic acids is 1. The topological polar surface area (TPSA) is 49.6 Å². The summed E-state index contributed by atoms with van der Waals surface area (Å²) in [6.45, 7) is 8.82. The van der Waals surface area contributed by atoms with Crippen LogP contribution >= 0.6 is 0 Å². The van der Waals surface area contributed by atoms with Crippen LogP contribution in [0, 0.1) is 13.8 Å². The highest BCUT2D eigenvalue weighted by Crippen LogP contribution is 2.14. The first-order valence-electron chi connectivity index (χ1n) is 6.86. The first-order chi connectivity index (χ1) is 9.10. The van der Waals surface area contributed by atoms with E-state index in [-0.39, 0.29) is 12.5 Å². The van der Waals surface area contributed by atoms with Crippen molar-refractivity contribution in [3.05, 3.63) is 34.9 Å². The van der Waals surface area contributed by atoms with Crippen LogP contribution in [-0.4, -0.2) is 48.4 Å². The number of amides is 1. The Hall–Kier alpha value is -1.39. The molecule has 0 unspecified atom stereocenters. The minimum atomic E-state index is 0.0613. The van der Waals surface area contributed by atoms with Crippen molar-refractivity contribution in [2.24, 2.45) is 5.73 Å². The van der Waals surface area contributed by atoms with Gasteiger partial charge in [0.05, 0.1) is 6.54 Å². The minimum absolute atomic E-state index is 0.0613. The highest BCUT2D eigenvalue weighted by atomic mass is 16.2. The Morgan fingerprint density at radius 1 is 1.21 bits per heavy atom. The molecule has 4 nitrogen and oxygen atoms in total. The van der Waals surface area contributed by atoms with Crippen LogP contribution in [0.25, 0.3) is 0 Å². The van der Waals surface area contributed by atoms with Crippen LogP contribution in [0.5, 0.6) is 0 Å². The van der Waals surface area contributed by atoms with Crippen LogP contribution in [0.1, 0.15) is 16.7 Å². The molecule has 1 aliphatic heterocycles. The summed E-state index contributed by atoms with van der Waals surface area (Å²) < 4.78 is 0. The van der Waals surface area contributed by atoms with Gasteiger partial charge in [0.2, 0.25) is 5.91 Å². The van der Waals surface area contributed by atoms with Gasteiger partial charge in [-0.2, -0.15) is 0 Å². The molecule has 1 aliphatic rings. The van der Waals surface area contributed by atoms with Crippen molar-refractivity contribution in [2.45, 2.75) is 20.4 Å². The molecule has 104 valence electrons. The lowest BCUT2D eigenvalue weighted by atomic mass is 10.1. The maximum atomic E-state index is 11.5. The van der Waals surface area contributed by atoms with Gasteiger partial charge in [0.15, 0.2) is 0 Å². The summed E-state index contributed by atoms with van der Waals surface area (Å²) in [5.41, 5.74) is 9.42. The normalized spacial score (nSPS) is 16.7. The van der Waals surface area contributed by atoms with Gasteiger partial charge < -0.3 is 10.6 Å². The number of aryl methyl sites for hydroxylation is 2. The van der Waals surface area contributed by atoms with E-state index in [9.17, 15) is 4.79 Å². The number of nitrogens with zero attached hydrogens (tertiary/aromatic N) is 2. The van der Waals surface area contributed by atoms with E-state index in [4.69, 9.17) is 5.73 Å². The van der Waals surface area contributed by atoms with Crippen LogP contribution in [-0.2, 0) is 11.3 Å². The number of piperazine rings is 1. The average Bonchev–Trinajstić information content (AvgIpc) is 2.42. The molecule has 4 heteroatoms. The summed E-state index contributed by atoms with van der Waals surface area (Å²) in [4.78, 5) is 15.8. The second-order valence-corrected chi connectivity index (χ2v) is 5.29. The molecule has 2 rings (SSSR count). The molecular weight excluding hydrogens is 238 g/mol. The van der Waals surface area contributed by atoms with E-state index in [1.54, 1.807) is 0 Å². The van der Waals surface area contributed by atoms with Crippen molar-refractivity contribution in [1.29, 1.82) is 0 Å². The zero-order valence-corrected chi connectivity index (χ0v) is 11.9. The number of nitrogens with two attached hydrogens (primary N) is 1. The van der Waals surface area contributed by atoms with Gasteiger partial charge in [-0.1, -0.05) is 23.8 Å². The van der Waals surface area contributed by atoms with Crippen molar-refractivity contribution in [3.8, 4) is 0 Å². The van der Waals surface area contributed by atoms with Gasteiger partial charge >= 0.3 is 0 Å². The molecule has 2 N–H and O–H groups in total. The molecule has 1 aromatic rings. The second kappa shape index (κ2) is 6.17. The largest absolute Gasteiger partial charge is 0.339 e. The van der Waals surface area contributed by atoms with Gasteiger partial charge in [0.25, 0.3) is 0 Å². The predicted molar refractivity (Wildman–Crippen MR) is 76.8 cm³/mol. The Balaban J connectivity index is 1.90. The van der Waals surface area contributed by atoms with E-state index in [0.29, 0.717) is 0 Å². The molecule has 0 saturated carbocycles. The summed E-state index contributed by atoms with van der Waals surface area (Å²) in [5.74, 6) is 0.0613. The second-order valence-electron chi connectivity index (χ2n) is 5.29. The minimum Gasteiger partial charge on any atom is -0.339 e. The van der Waals surface area contributed by atoms with E-state index in [1.807, 2.05) is 4.90 Å². The van der Waals surface area contributed by atoms with Crippen LogP contribution in [0.2, 0.25) is 0 Å². The molecule has 0 aliphatic carbocycles. The fourth-order valence-electron chi connectivity index (χ4n) is 2.55. The number of carbonyl (C=O) groups is 1. The Morgan fingerprint density at radius 3 is 2.47 bits per heavy atom. The monoisotopic (exact) mass is 261 g/mol. The zero-order chi connectivity index (χ0) is 13.8. The number of benzene rings is 1. The zero-order valence-electron chi connectivity index (χ0n) is 11.9. The van der Waals surface area contributed by atoms with Gasteiger partial charge in [-0.05, 0) is 25.0 Å². The van der Waals surface area contributed by atoms with Gasteiger partial charge in [-0.25, -0.2) is 0 Å². The highest BCUT2D eigenvalue weighted by molar-refractivity contribution is 5.78. The van der Waals surface area contributed by atoms with Gasteiger partial charge in [0, 0.05) is 32.7 Å². The molecule has 0 spiro atoms. The average molecular weight is 261 g/mol. The molecule has 1 amide bonds. The van der Waals surface area contributed by atoms with Crippen LogP contribution in [0.4, 0.5) is 0 Å². The van der Waals surface area contributed by atoms with Crippen molar-refractivity contribution in [3.63, 3.8) is 0 Å². The fourth-order valence-corrected chi connectivity index (χ4v) is 2.55. The van der Waals surface area contributed by atoms with Crippen molar-refractivity contribution in [2.75, 3.05) is 32.7 Å². The molecule has 1 fully saturated rings. The highest BCUT2D eigenvalue weighted by Gasteiger charge is 2.20. The van der Waals surface area contributed by atoms with E-state index < -0.39 is 0 Å². The molecule has 0 bridgehead atoms. The van der Waals surface area contributed by atoms with Crippen LogP contribution in [0.3, 0.4) is 0 Å².